The Bertz CT molecular complexity index is 528. The summed E-state index contributed by atoms with van der Waals surface area (Å²) in [7, 11) is 1.82. The molecule has 0 aliphatic rings. The highest BCUT2D eigenvalue weighted by molar-refractivity contribution is 14.1. The number of halogens is 1. The second kappa shape index (κ2) is 5.31. The third kappa shape index (κ3) is 3.06. The van der Waals surface area contributed by atoms with Crippen molar-refractivity contribution in [1.29, 1.82) is 0 Å². The molecule has 2 rings (SSSR count). The van der Waals surface area contributed by atoms with E-state index in [-0.39, 0.29) is 0 Å². The molecule has 0 aliphatic carbocycles. The molecule has 4 nitrogen and oxygen atoms in total. The minimum atomic E-state index is 0.738. The minimum Gasteiger partial charge on any atom is -0.372 e. The fourth-order valence-corrected chi connectivity index (χ4v) is 1.90. The maximum atomic E-state index is 4.37. The van der Waals surface area contributed by atoms with Gasteiger partial charge in [-0.1, -0.05) is 6.07 Å². The van der Waals surface area contributed by atoms with Gasteiger partial charge in [0.05, 0.1) is 12.4 Å². The van der Waals surface area contributed by atoms with Crippen LogP contribution in [0.2, 0.25) is 0 Å². The summed E-state index contributed by atoms with van der Waals surface area (Å²) in [6.07, 6.45) is 3.40. The van der Waals surface area contributed by atoms with Crippen molar-refractivity contribution in [3.8, 4) is 0 Å². The largest absolute Gasteiger partial charge is 0.372 e. The van der Waals surface area contributed by atoms with Crippen molar-refractivity contribution in [2.75, 3.05) is 17.7 Å². The topological polar surface area (TPSA) is 49.8 Å². The van der Waals surface area contributed by atoms with Crippen LogP contribution in [0, 0.1) is 10.5 Å². The highest BCUT2D eigenvalue weighted by Crippen LogP contribution is 2.21. The number of rotatable bonds is 3. The second-order valence-corrected chi connectivity index (χ2v) is 4.87. The molecule has 0 amide bonds. The van der Waals surface area contributed by atoms with Gasteiger partial charge >= 0.3 is 0 Å². The summed E-state index contributed by atoms with van der Waals surface area (Å²) in [5, 5.41) is 6.23. The molecule has 5 heteroatoms. The van der Waals surface area contributed by atoms with Crippen LogP contribution in [-0.2, 0) is 0 Å². The van der Waals surface area contributed by atoms with Crippen LogP contribution in [0.3, 0.4) is 0 Å². The zero-order chi connectivity index (χ0) is 12.3. The second-order valence-electron chi connectivity index (χ2n) is 3.62. The van der Waals surface area contributed by atoms with E-state index in [2.05, 4.69) is 68.3 Å². The van der Waals surface area contributed by atoms with Gasteiger partial charge in [-0.2, -0.15) is 0 Å². The van der Waals surface area contributed by atoms with Crippen molar-refractivity contribution in [3.05, 3.63) is 39.7 Å². The summed E-state index contributed by atoms with van der Waals surface area (Å²) in [5.74, 6) is 1.49. The zero-order valence-corrected chi connectivity index (χ0v) is 11.8. The molecule has 0 fully saturated rings. The lowest BCUT2D eigenvalue weighted by Crippen LogP contribution is -2.00. The van der Waals surface area contributed by atoms with E-state index in [0.29, 0.717) is 0 Å². The summed E-state index contributed by atoms with van der Waals surface area (Å²) in [6.45, 7) is 2.06. The van der Waals surface area contributed by atoms with Crippen LogP contribution in [0.15, 0.2) is 30.6 Å². The van der Waals surface area contributed by atoms with Crippen LogP contribution < -0.4 is 10.6 Å². The molecule has 1 aromatic heterocycles. The van der Waals surface area contributed by atoms with Gasteiger partial charge in [-0.3, -0.25) is 4.98 Å². The van der Waals surface area contributed by atoms with Gasteiger partial charge in [0.1, 0.15) is 5.82 Å². The Hall–Kier alpha value is -1.37. The molecule has 0 bridgehead atoms. The maximum absolute atomic E-state index is 4.37. The van der Waals surface area contributed by atoms with Gasteiger partial charge in [0, 0.05) is 16.3 Å². The van der Waals surface area contributed by atoms with E-state index in [1.165, 1.54) is 9.13 Å². The SMILES string of the molecule is CNc1cncc(Nc2cc(I)ccc2C)n1. The van der Waals surface area contributed by atoms with Crippen molar-refractivity contribution >= 4 is 39.9 Å². The molecule has 0 unspecified atom stereocenters. The Labute approximate surface area is 114 Å². The smallest absolute Gasteiger partial charge is 0.151 e. The molecule has 17 heavy (non-hydrogen) atoms. The Balaban J connectivity index is 2.27. The average molecular weight is 340 g/mol. The van der Waals surface area contributed by atoms with E-state index < -0.39 is 0 Å². The first-order valence-electron chi connectivity index (χ1n) is 5.22. The fourth-order valence-electron chi connectivity index (χ4n) is 1.41. The molecular weight excluding hydrogens is 327 g/mol. The maximum Gasteiger partial charge on any atom is 0.151 e. The monoisotopic (exact) mass is 340 g/mol. The first-order chi connectivity index (χ1) is 8.19. The Morgan fingerprint density at radius 1 is 1.18 bits per heavy atom. The first kappa shape index (κ1) is 12.1. The van der Waals surface area contributed by atoms with E-state index in [0.717, 1.165) is 17.3 Å². The molecule has 2 N–H and O–H groups in total. The van der Waals surface area contributed by atoms with Crippen molar-refractivity contribution in [3.63, 3.8) is 0 Å². The molecule has 0 saturated carbocycles. The molecule has 2 aromatic rings. The van der Waals surface area contributed by atoms with Crippen LogP contribution in [0.5, 0.6) is 0 Å². The Morgan fingerprint density at radius 3 is 2.71 bits per heavy atom. The molecule has 0 atom stereocenters. The number of anilines is 3. The van der Waals surface area contributed by atoms with Crippen LogP contribution >= 0.6 is 22.6 Å². The first-order valence-corrected chi connectivity index (χ1v) is 6.30. The van der Waals surface area contributed by atoms with E-state index in [4.69, 9.17) is 0 Å². The number of nitrogens with zero attached hydrogens (tertiary/aromatic N) is 2. The van der Waals surface area contributed by atoms with E-state index >= 15 is 0 Å². The van der Waals surface area contributed by atoms with Crippen molar-refractivity contribution in [2.24, 2.45) is 0 Å². The lowest BCUT2D eigenvalue weighted by atomic mass is 10.2. The van der Waals surface area contributed by atoms with Crippen LogP contribution in [0.1, 0.15) is 5.56 Å². The predicted molar refractivity (Wildman–Crippen MR) is 78.8 cm³/mol. The summed E-state index contributed by atoms with van der Waals surface area (Å²) in [6, 6.07) is 6.25. The molecule has 0 aliphatic heterocycles. The predicted octanol–water partition coefficient (Wildman–Crippen LogP) is 3.17. The van der Waals surface area contributed by atoms with Crippen molar-refractivity contribution < 1.29 is 0 Å². The summed E-state index contributed by atoms with van der Waals surface area (Å²) in [5.41, 5.74) is 2.24. The zero-order valence-electron chi connectivity index (χ0n) is 9.66. The fraction of sp³-hybridized carbons (Fsp3) is 0.167. The Morgan fingerprint density at radius 2 is 1.94 bits per heavy atom. The number of aromatic nitrogens is 2. The van der Waals surface area contributed by atoms with Gasteiger partial charge in [-0.05, 0) is 47.2 Å². The van der Waals surface area contributed by atoms with Crippen LogP contribution in [-0.4, -0.2) is 17.0 Å². The van der Waals surface area contributed by atoms with Crippen LogP contribution in [0.4, 0.5) is 17.3 Å². The number of aryl methyl sites for hydroxylation is 1. The quantitative estimate of drug-likeness (QED) is 0.843. The lowest BCUT2D eigenvalue weighted by Gasteiger charge is -2.09. The van der Waals surface area contributed by atoms with E-state index in [1.807, 2.05) is 7.05 Å². The molecule has 0 radical (unpaired) electrons. The molecule has 1 heterocycles. The number of nitrogens with one attached hydrogen (secondary N) is 2. The highest BCUT2D eigenvalue weighted by Gasteiger charge is 2.02. The normalized spacial score (nSPS) is 10.1. The summed E-state index contributed by atoms with van der Waals surface area (Å²) in [4.78, 5) is 8.48. The highest BCUT2D eigenvalue weighted by atomic mass is 127. The summed E-state index contributed by atoms with van der Waals surface area (Å²) >= 11 is 2.29. The molecule has 1 aromatic carbocycles. The van der Waals surface area contributed by atoms with Gasteiger partial charge in [-0.25, -0.2) is 4.98 Å². The summed E-state index contributed by atoms with van der Waals surface area (Å²) < 4.78 is 1.19. The number of benzene rings is 1. The molecular formula is C12H13IN4. The van der Waals surface area contributed by atoms with Crippen molar-refractivity contribution in [1.82, 2.24) is 9.97 Å². The van der Waals surface area contributed by atoms with Gasteiger partial charge in [0.15, 0.2) is 5.82 Å². The van der Waals surface area contributed by atoms with Gasteiger partial charge < -0.3 is 10.6 Å². The van der Waals surface area contributed by atoms with Crippen molar-refractivity contribution in [2.45, 2.75) is 6.92 Å². The van der Waals surface area contributed by atoms with Gasteiger partial charge in [0.2, 0.25) is 0 Å². The minimum absolute atomic E-state index is 0.738. The lowest BCUT2D eigenvalue weighted by molar-refractivity contribution is 1.18. The van der Waals surface area contributed by atoms with Gasteiger partial charge in [-0.15, -0.1) is 0 Å². The van der Waals surface area contributed by atoms with E-state index in [9.17, 15) is 0 Å². The molecule has 0 saturated heterocycles. The average Bonchev–Trinajstić information content (AvgIpc) is 2.34. The van der Waals surface area contributed by atoms with Crippen LogP contribution in [0.25, 0.3) is 0 Å². The van der Waals surface area contributed by atoms with Gasteiger partial charge in [0.25, 0.3) is 0 Å². The van der Waals surface area contributed by atoms with E-state index in [1.54, 1.807) is 12.4 Å². The standard InChI is InChI=1S/C12H13IN4/c1-8-3-4-9(13)5-10(8)16-12-7-15-6-11(14-2)17-12/h3-7H,1-2H3,(H2,14,16,17). The third-order valence-electron chi connectivity index (χ3n) is 2.35. The third-order valence-corrected chi connectivity index (χ3v) is 3.02. The number of hydrogen-bond donors (Lipinski definition) is 2. The molecule has 88 valence electrons. The Kier molecular flexibility index (Phi) is 3.78. The number of hydrogen-bond acceptors (Lipinski definition) is 4. The molecule has 0 spiro atoms.